The summed E-state index contributed by atoms with van der Waals surface area (Å²) in [6.07, 6.45) is 1.47. The molecule has 0 saturated heterocycles. The van der Waals surface area contributed by atoms with Crippen LogP contribution in [0.5, 0.6) is 0 Å². The molecule has 0 radical (unpaired) electrons. The standard InChI is InChI=1S/C12H9BrN4O/c1-7-9(6-15-17-7)12(18)16-11-3-2-8(5-14)4-10(11)13/h2-4,6H,1H3,(H,15,17)(H,16,18). The van der Waals surface area contributed by atoms with Crippen LogP contribution in [0.25, 0.3) is 0 Å². The molecule has 0 aliphatic heterocycles. The molecule has 0 aliphatic carbocycles. The molecule has 5 nitrogen and oxygen atoms in total. The maximum absolute atomic E-state index is 11.9. The van der Waals surface area contributed by atoms with Crippen molar-refractivity contribution in [2.24, 2.45) is 0 Å². The number of nitrogens with one attached hydrogen (secondary N) is 2. The zero-order valence-corrected chi connectivity index (χ0v) is 11.1. The first-order valence-corrected chi connectivity index (χ1v) is 5.92. The Bertz CT molecular complexity index is 642. The number of aryl methyl sites for hydroxylation is 1. The van der Waals surface area contributed by atoms with Crippen LogP contribution in [-0.4, -0.2) is 16.1 Å². The number of carbonyl (C=O) groups is 1. The molecule has 1 aromatic carbocycles. The molecule has 0 aliphatic rings. The smallest absolute Gasteiger partial charge is 0.259 e. The average Bonchev–Trinajstić information content (AvgIpc) is 2.78. The minimum atomic E-state index is -0.244. The molecule has 18 heavy (non-hydrogen) atoms. The van der Waals surface area contributed by atoms with Crippen molar-refractivity contribution in [3.05, 3.63) is 45.7 Å². The molecule has 0 unspecified atom stereocenters. The fourth-order valence-electron chi connectivity index (χ4n) is 1.46. The van der Waals surface area contributed by atoms with Gasteiger partial charge >= 0.3 is 0 Å². The number of aromatic nitrogens is 2. The first-order valence-electron chi connectivity index (χ1n) is 5.13. The Kier molecular flexibility index (Phi) is 3.44. The van der Waals surface area contributed by atoms with E-state index in [1.54, 1.807) is 25.1 Å². The van der Waals surface area contributed by atoms with Gasteiger partial charge in [-0.2, -0.15) is 10.4 Å². The highest BCUT2D eigenvalue weighted by molar-refractivity contribution is 9.10. The molecule has 1 aromatic heterocycles. The number of halogens is 1. The van der Waals surface area contributed by atoms with Gasteiger partial charge in [0.15, 0.2) is 0 Å². The Hall–Kier alpha value is -2.13. The van der Waals surface area contributed by atoms with Crippen LogP contribution in [0.3, 0.4) is 0 Å². The van der Waals surface area contributed by atoms with Gasteiger partial charge in [-0.25, -0.2) is 0 Å². The summed E-state index contributed by atoms with van der Waals surface area (Å²) in [6, 6.07) is 7.00. The molecule has 1 amide bonds. The maximum Gasteiger partial charge on any atom is 0.259 e. The summed E-state index contributed by atoms with van der Waals surface area (Å²) in [4.78, 5) is 11.9. The number of carbonyl (C=O) groups excluding carboxylic acids is 1. The molecule has 0 spiro atoms. The van der Waals surface area contributed by atoms with Crippen molar-refractivity contribution in [3.63, 3.8) is 0 Å². The minimum Gasteiger partial charge on any atom is -0.321 e. The maximum atomic E-state index is 11.9. The Balaban J connectivity index is 2.23. The number of hydrogen-bond donors (Lipinski definition) is 2. The van der Waals surface area contributed by atoms with Crippen molar-refractivity contribution in [2.45, 2.75) is 6.92 Å². The molecule has 0 saturated carbocycles. The monoisotopic (exact) mass is 304 g/mol. The Labute approximate surface area is 112 Å². The number of rotatable bonds is 2. The summed E-state index contributed by atoms with van der Waals surface area (Å²) in [5, 5.41) is 18.0. The number of nitriles is 1. The highest BCUT2D eigenvalue weighted by atomic mass is 79.9. The van der Waals surface area contributed by atoms with Crippen LogP contribution in [0.15, 0.2) is 28.9 Å². The number of nitrogens with zero attached hydrogens (tertiary/aromatic N) is 2. The van der Waals surface area contributed by atoms with E-state index in [-0.39, 0.29) is 5.91 Å². The number of hydrogen-bond acceptors (Lipinski definition) is 3. The fourth-order valence-corrected chi connectivity index (χ4v) is 1.93. The number of H-pyrrole nitrogens is 1. The molecule has 90 valence electrons. The summed E-state index contributed by atoms with van der Waals surface area (Å²) >= 11 is 3.31. The van der Waals surface area contributed by atoms with Gasteiger partial charge in [0, 0.05) is 10.2 Å². The summed E-state index contributed by atoms with van der Waals surface area (Å²) in [5.41, 5.74) is 2.34. The van der Waals surface area contributed by atoms with E-state index in [9.17, 15) is 4.79 Å². The van der Waals surface area contributed by atoms with Gasteiger partial charge in [-0.05, 0) is 41.1 Å². The Morgan fingerprint density at radius 1 is 1.56 bits per heavy atom. The molecule has 0 bridgehead atoms. The molecule has 1 heterocycles. The van der Waals surface area contributed by atoms with Crippen molar-refractivity contribution in [1.29, 1.82) is 5.26 Å². The van der Waals surface area contributed by atoms with E-state index in [0.717, 1.165) is 0 Å². The highest BCUT2D eigenvalue weighted by Gasteiger charge is 2.12. The third kappa shape index (κ3) is 2.41. The number of amides is 1. The van der Waals surface area contributed by atoms with Crippen molar-refractivity contribution in [1.82, 2.24) is 10.2 Å². The van der Waals surface area contributed by atoms with Gasteiger partial charge in [-0.15, -0.1) is 0 Å². The van der Waals surface area contributed by atoms with E-state index in [4.69, 9.17) is 5.26 Å². The van der Waals surface area contributed by atoms with Gasteiger partial charge in [-0.3, -0.25) is 9.89 Å². The van der Waals surface area contributed by atoms with Crippen molar-refractivity contribution < 1.29 is 4.79 Å². The lowest BCUT2D eigenvalue weighted by Gasteiger charge is -2.06. The zero-order valence-electron chi connectivity index (χ0n) is 9.49. The lowest BCUT2D eigenvalue weighted by molar-refractivity contribution is 0.102. The van der Waals surface area contributed by atoms with Crippen molar-refractivity contribution in [2.75, 3.05) is 5.32 Å². The van der Waals surface area contributed by atoms with E-state index in [1.807, 2.05) is 6.07 Å². The van der Waals surface area contributed by atoms with Crippen LogP contribution in [0.2, 0.25) is 0 Å². The van der Waals surface area contributed by atoms with Crippen LogP contribution < -0.4 is 5.32 Å². The first kappa shape index (κ1) is 12.3. The van der Waals surface area contributed by atoms with Crippen molar-refractivity contribution in [3.8, 4) is 6.07 Å². The highest BCUT2D eigenvalue weighted by Crippen LogP contribution is 2.24. The van der Waals surface area contributed by atoms with E-state index in [1.165, 1.54) is 6.20 Å². The van der Waals surface area contributed by atoms with Crippen LogP contribution >= 0.6 is 15.9 Å². The van der Waals surface area contributed by atoms with Gasteiger partial charge in [0.05, 0.1) is 29.1 Å². The molecule has 0 atom stereocenters. The van der Waals surface area contributed by atoms with Gasteiger partial charge in [-0.1, -0.05) is 0 Å². The Morgan fingerprint density at radius 2 is 2.33 bits per heavy atom. The molecule has 2 rings (SSSR count). The first-order chi connectivity index (χ1) is 8.61. The molecular weight excluding hydrogens is 296 g/mol. The minimum absolute atomic E-state index is 0.244. The van der Waals surface area contributed by atoms with Crippen LogP contribution in [0.1, 0.15) is 21.6 Å². The normalized spacial score (nSPS) is 9.83. The number of anilines is 1. The van der Waals surface area contributed by atoms with Gasteiger partial charge < -0.3 is 5.32 Å². The van der Waals surface area contributed by atoms with Crippen LogP contribution in [-0.2, 0) is 0 Å². The fraction of sp³-hybridized carbons (Fsp3) is 0.0833. The second-order valence-corrected chi connectivity index (χ2v) is 4.52. The topological polar surface area (TPSA) is 81.6 Å². The molecule has 2 aromatic rings. The third-order valence-corrected chi connectivity index (χ3v) is 3.08. The number of aromatic amines is 1. The van der Waals surface area contributed by atoms with E-state index >= 15 is 0 Å². The summed E-state index contributed by atoms with van der Waals surface area (Å²) in [7, 11) is 0. The molecule has 6 heteroatoms. The predicted octanol–water partition coefficient (Wildman–Crippen LogP) is 2.60. The quantitative estimate of drug-likeness (QED) is 0.894. The second-order valence-electron chi connectivity index (χ2n) is 3.67. The largest absolute Gasteiger partial charge is 0.321 e. The van der Waals surface area contributed by atoms with E-state index < -0.39 is 0 Å². The third-order valence-electron chi connectivity index (χ3n) is 2.42. The summed E-state index contributed by atoms with van der Waals surface area (Å²) in [5.74, 6) is -0.244. The predicted molar refractivity (Wildman–Crippen MR) is 70.1 cm³/mol. The number of benzene rings is 1. The van der Waals surface area contributed by atoms with E-state index in [0.29, 0.717) is 27.0 Å². The van der Waals surface area contributed by atoms with Crippen LogP contribution in [0.4, 0.5) is 5.69 Å². The van der Waals surface area contributed by atoms with Gasteiger partial charge in [0.2, 0.25) is 0 Å². The SMILES string of the molecule is Cc1[nH]ncc1C(=O)Nc1ccc(C#N)cc1Br. The summed E-state index contributed by atoms with van der Waals surface area (Å²) in [6.45, 7) is 1.77. The molecule has 2 N–H and O–H groups in total. The summed E-state index contributed by atoms with van der Waals surface area (Å²) < 4.78 is 0.663. The Morgan fingerprint density at radius 3 is 2.89 bits per heavy atom. The molecular formula is C12H9BrN4O. The van der Waals surface area contributed by atoms with Crippen molar-refractivity contribution >= 4 is 27.5 Å². The van der Waals surface area contributed by atoms with Crippen LogP contribution in [0, 0.1) is 18.3 Å². The van der Waals surface area contributed by atoms with Gasteiger partial charge in [0.25, 0.3) is 5.91 Å². The zero-order chi connectivity index (χ0) is 13.1. The average molecular weight is 305 g/mol. The molecule has 0 fully saturated rings. The lowest BCUT2D eigenvalue weighted by atomic mass is 10.2. The lowest BCUT2D eigenvalue weighted by Crippen LogP contribution is -2.12. The second kappa shape index (κ2) is 5.02. The van der Waals surface area contributed by atoms with E-state index in [2.05, 4.69) is 31.4 Å². The van der Waals surface area contributed by atoms with Gasteiger partial charge in [0.1, 0.15) is 0 Å².